The maximum Gasteiger partial charge on any atom is 0.175 e. The minimum absolute atomic E-state index is 0.273. The zero-order chi connectivity index (χ0) is 15.3. The Morgan fingerprint density at radius 1 is 1.14 bits per heavy atom. The summed E-state index contributed by atoms with van der Waals surface area (Å²) in [4.78, 5) is 4.47. The fourth-order valence-electron chi connectivity index (χ4n) is 1.72. The van der Waals surface area contributed by atoms with Crippen LogP contribution in [0.5, 0.6) is 11.5 Å². The third kappa shape index (κ3) is 4.46. The van der Waals surface area contributed by atoms with E-state index in [2.05, 4.69) is 17.2 Å². The van der Waals surface area contributed by atoms with Gasteiger partial charge in [0.25, 0.3) is 0 Å². The van der Waals surface area contributed by atoms with Crippen molar-refractivity contribution in [2.45, 2.75) is 18.2 Å². The normalized spacial score (nSPS) is 11.1. The first kappa shape index (κ1) is 15.3. The van der Waals surface area contributed by atoms with Crippen LogP contribution in [0.15, 0.2) is 47.5 Å². The smallest absolute Gasteiger partial charge is 0.175 e. The van der Waals surface area contributed by atoms with Crippen molar-refractivity contribution >= 4 is 15.7 Å². The molecule has 21 heavy (non-hydrogen) atoms. The molecule has 112 valence electrons. The fraction of sp³-hybridized carbons (Fsp3) is 0.267. The molecule has 1 aromatic heterocycles. The van der Waals surface area contributed by atoms with E-state index >= 15 is 0 Å². The van der Waals surface area contributed by atoms with Crippen LogP contribution in [0.2, 0.25) is 0 Å². The summed E-state index contributed by atoms with van der Waals surface area (Å²) in [6.45, 7) is 2.93. The van der Waals surface area contributed by atoms with Gasteiger partial charge in [0.2, 0.25) is 0 Å². The van der Waals surface area contributed by atoms with Gasteiger partial charge in [-0.2, -0.15) is 0 Å². The Balaban J connectivity index is 2.11. The van der Waals surface area contributed by atoms with E-state index in [0.717, 1.165) is 18.8 Å². The van der Waals surface area contributed by atoms with Crippen molar-refractivity contribution in [3.63, 3.8) is 0 Å². The Bertz CT molecular complexity index is 697. The number of hydrogen-bond donors (Lipinski definition) is 1. The van der Waals surface area contributed by atoms with E-state index in [0.29, 0.717) is 11.5 Å². The summed E-state index contributed by atoms with van der Waals surface area (Å²) in [5.74, 6) is 1.98. The topological polar surface area (TPSA) is 68.3 Å². The van der Waals surface area contributed by atoms with Crippen LogP contribution >= 0.6 is 0 Å². The van der Waals surface area contributed by atoms with Crippen LogP contribution < -0.4 is 10.1 Å². The molecular weight excluding hydrogens is 288 g/mol. The molecule has 0 bridgehead atoms. The van der Waals surface area contributed by atoms with Gasteiger partial charge < -0.3 is 10.1 Å². The van der Waals surface area contributed by atoms with E-state index in [1.807, 2.05) is 0 Å². The van der Waals surface area contributed by atoms with E-state index in [1.54, 1.807) is 30.5 Å². The second kappa shape index (κ2) is 6.58. The number of sulfone groups is 1. The highest BCUT2D eigenvalue weighted by molar-refractivity contribution is 7.90. The van der Waals surface area contributed by atoms with Crippen molar-refractivity contribution in [1.29, 1.82) is 0 Å². The SMILES string of the molecule is CCCNc1cc(Oc2ccc(S(C)(=O)=O)cc2)ccn1. The highest BCUT2D eigenvalue weighted by Gasteiger charge is 2.07. The van der Waals surface area contributed by atoms with E-state index in [1.165, 1.54) is 18.4 Å². The fourth-order valence-corrected chi connectivity index (χ4v) is 2.35. The summed E-state index contributed by atoms with van der Waals surface area (Å²) in [5, 5.41) is 3.18. The Morgan fingerprint density at radius 2 is 1.86 bits per heavy atom. The molecule has 0 amide bonds. The zero-order valence-corrected chi connectivity index (χ0v) is 12.9. The van der Waals surface area contributed by atoms with Gasteiger partial charge in [-0.05, 0) is 36.8 Å². The molecule has 1 heterocycles. The first-order chi connectivity index (χ1) is 9.99. The summed E-state index contributed by atoms with van der Waals surface area (Å²) in [6.07, 6.45) is 3.86. The highest BCUT2D eigenvalue weighted by atomic mass is 32.2. The molecule has 2 rings (SSSR count). The largest absolute Gasteiger partial charge is 0.457 e. The van der Waals surface area contributed by atoms with Gasteiger partial charge in [0.05, 0.1) is 4.90 Å². The zero-order valence-electron chi connectivity index (χ0n) is 12.0. The molecule has 0 aliphatic carbocycles. The van der Waals surface area contributed by atoms with Crippen LogP contribution in [0, 0.1) is 0 Å². The molecule has 0 spiro atoms. The standard InChI is InChI=1S/C15H18N2O3S/c1-3-9-16-15-11-13(8-10-17-15)20-12-4-6-14(7-5-12)21(2,18)19/h4-8,10-11H,3,9H2,1-2H3,(H,16,17). The predicted molar refractivity (Wildman–Crippen MR) is 82.6 cm³/mol. The van der Waals surface area contributed by atoms with Crippen LogP contribution in [0.3, 0.4) is 0 Å². The predicted octanol–water partition coefficient (Wildman–Crippen LogP) is 3.10. The average molecular weight is 306 g/mol. The molecule has 5 nitrogen and oxygen atoms in total. The van der Waals surface area contributed by atoms with Crippen LogP contribution in [-0.4, -0.2) is 26.2 Å². The number of ether oxygens (including phenoxy) is 1. The third-order valence-electron chi connectivity index (χ3n) is 2.78. The minimum Gasteiger partial charge on any atom is -0.457 e. The monoisotopic (exact) mass is 306 g/mol. The Morgan fingerprint density at radius 3 is 2.48 bits per heavy atom. The summed E-state index contributed by atoms with van der Waals surface area (Å²) >= 11 is 0. The molecule has 0 fully saturated rings. The number of rotatable bonds is 6. The lowest BCUT2D eigenvalue weighted by molar-refractivity contribution is 0.481. The first-order valence-corrected chi connectivity index (χ1v) is 8.56. The van der Waals surface area contributed by atoms with Crippen LogP contribution in [-0.2, 0) is 9.84 Å². The van der Waals surface area contributed by atoms with E-state index in [9.17, 15) is 8.42 Å². The van der Waals surface area contributed by atoms with Gasteiger partial charge in [-0.25, -0.2) is 13.4 Å². The highest BCUT2D eigenvalue weighted by Crippen LogP contribution is 2.24. The lowest BCUT2D eigenvalue weighted by Gasteiger charge is -2.08. The van der Waals surface area contributed by atoms with Gasteiger partial charge in [0, 0.05) is 25.1 Å². The molecule has 2 aromatic rings. The molecule has 6 heteroatoms. The van der Waals surface area contributed by atoms with Gasteiger partial charge in [0.15, 0.2) is 9.84 Å². The van der Waals surface area contributed by atoms with Gasteiger partial charge in [0.1, 0.15) is 17.3 Å². The molecule has 0 saturated carbocycles. The quantitative estimate of drug-likeness (QED) is 0.888. The molecular formula is C15H18N2O3S. The van der Waals surface area contributed by atoms with Crippen molar-refractivity contribution in [3.05, 3.63) is 42.6 Å². The lowest BCUT2D eigenvalue weighted by atomic mass is 10.3. The van der Waals surface area contributed by atoms with Crippen molar-refractivity contribution < 1.29 is 13.2 Å². The summed E-state index contributed by atoms with van der Waals surface area (Å²) in [5.41, 5.74) is 0. The van der Waals surface area contributed by atoms with Crippen molar-refractivity contribution in [3.8, 4) is 11.5 Å². The van der Waals surface area contributed by atoms with Crippen molar-refractivity contribution in [1.82, 2.24) is 4.98 Å². The number of hydrogen-bond acceptors (Lipinski definition) is 5. The molecule has 0 unspecified atom stereocenters. The Hall–Kier alpha value is -2.08. The van der Waals surface area contributed by atoms with Gasteiger partial charge in [-0.3, -0.25) is 0 Å². The number of pyridine rings is 1. The van der Waals surface area contributed by atoms with Crippen LogP contribution in [0.4, 0.5) is 5.82 Å². The second-order valence-corrected chi connectivity index (χ2v) is 6.66. The van der Waals surface area contributed by atoms with Crippen LogP contribution in [0.1, 0.15) is 13.3 Å². The van der Waals surface area contributed by atoms with Crippen LogP contribution in [0.25, 0.3) is 0 Å². The second-order valence-electron chi connectivity index (χ2n) is 4.65. The van der Waals surface area contributed by atoms with Crippen molar-refractivity contribution in [2.24, 2.45) is 0 Å². The van der Waals surface area contributed by atoms with E-state index in [-0.39, 0.29) is 4.90 Å². The summed E-state index contributed by atoms with van der Waals surface area (Å²) < 4.78 is 28.5. The molecule has 0 aliphatic heterocycles. The maximum absolute atomic E-state index is 11.4. The first-order valence-electron chi connectivity index (χ1n) is 6.67. The number of anilines is 1. The Labute approximate surface area is 124 Å². The van der Waals surface area contributed by atoms with E-state index < -0.39 is 9.84 Å². The molecule has 0 saturated heterocycles. The Kier molecular flexibility index (Phi) is 4.80. The number of benzene rings is 1. The number of aromatic nitrogens is 1. The lowest BCUT2D eigenvalue weighted by Crippen LogP contribution is -2.01. The molecule has 0 radical (unpaired) electrons. The summed E-state index contributed by atoms with van der Waals surface area (Å²) in [6, 6.07) is 9.89. The van der Waals surface area contributed by atoms with Crippen molar-refractivity contribution in [2.75, 3.05) is 18.1 Å². The maximum atomic E-state index is 11.4. The van der Waals surface area contributed by atoms with E-state index in [4.69, 9.17) is 4.74 Å². The molecule has 1 N–H and O–H groups in total. The number of nitrogens with zero attached hydrogens (tertiary/aromatic N) is 1. The molecule has 0 aliphatic rings. The third-order valence-corrected chi connectivity index (χ3v) is 3.90. The molecule has 0 atom stereocenters. The minimum atomic E-state index is -3.18. The number of nitrogens with one attached hydrogen (secondary N) is 1. The van der Waals surface area contributed by atoms with Gasteiger partial charge >= 0.3 is 0 Å². The van der Waals surface area contributed by atoms with Gasteiger partial charge in [-0.1, -0.05) is 6.92 Å². The molecule has 1 aromatic carbocycles. The van der Waals surface area contributed by atoms with Gasteiger partial charge in [-0.15, -0.1) is 0 Å². The average Bonchev–Trinajstić information content (AvgIpc) is 2.45. The summed E-state index contributed by atoms with van der Waals surface area (Å²) in [7, 11) is -3.18.